The van der Waals surface area contributed by atoms with E-state index >= 15 is 0 Å². The van der Waals surface area contributed by atoms with Gasteiger partial charge in [-0.1, -0.05) is 30.3 Å². The molecule has 0 spiro atoms. The SMILES string of the molecule is CC(=O)NC(CC(=O)NC(CO)c1ccco1)c1ccccc1. The zero-order valence-electron chi connectivity index (χ0n) is 12.9. The number of rotatable bonds is 7. The van der Waals surface area contributed by atoms with Crippen LogP contribution in [0.4, 0.5) is 0 Å². The maximum atomic E-state index is 12.3. The van der Waals surface area contributed by atoms with Crippen molar-refractivity contribution in [3.63, 3.8) is 0 Å². The van der Waals surface area contributed by atoms with Crippen LogP contribution in [0.15, 0.2) is 53.1 Å². The van der Waals surface area contributed by atoms with Gasteiger partial charge in [0, 0.05) is 6.92 Å². The van der Waals surface area contributed by atoms with Crippen molar-refractivity contribution in [2.24, 2.45) is 0 Å². The van der Waals surface area contributed by atoms with Crippen molar-refractivity contribution in [3.8, 4) is 0 Å². The molecule has 2 rings (SSSR count). The standard InChI is InChI=1S/C17H20N2O4/c1-12(21)18-14(13-6-3-2-4-7-13)10-17(22)19-15(11-20)16-8-5-9-23-16/h2-9,14-15,20H,10-11H2,1H3,(H,18,21)(H,19,22). The van der Waals surface area contributed by atoms with Gasteiger partial charge in [-0.05, 0) is 17.7 Å². The predicted octanol–water partition coefficient (Wildman–Crippen LogP) is 1.70. The fraction of sp³-hybridized carbons (Fsp3) is 0.294. The number of hydrogen-bond acceptors (Lipinski definition) is 4. The summed E-state index contributed by atoms with van der Waals surface area (Å²) in [7, 11) is 0. The largest absolute Gasteiger partial charge is 0.467 e. The molecular formula is C17H20N2O4. The van der Waals surface area contributed by atoms with Crippen LogP contribution in [0.3, 0.4) is 0 Å². The van der Waals surface area contributed by atoms with E-state index in [1.807, 2.05) is 30.3 Å². The summed E-state index contributed by atoms with van der Waals surface area (Å²) < 4.78 is 5.20. The average Bonchev–Trinajstić information content (AvgIpc) is 3.06. The molecule has 1 aromatic heterocycles. The Labute approximate surface area is 134 Å². The molecule has 3 N–H and O–H groups in total. The number of furan rings is 1. The van der Waals surface area contributed by atoms with E-state index in [2.05, 4.69) is 10.6 Å². The van der Waals surface area contributed by atoms with E-state index in [0.29, 0.717) is 5.76 Å². The van der Waals surface area contributed by atoms with Crippen molar-refractivity contribution in [1.29, 1.82) is 0 Å². The van der Waals surface area contributed by atoms with Crippen LogP contribution in [0.1, 0.15) is 36.8 Å². The lowest BCUT2D eigenvalue weighted by Gasteiger charge is -2.20. The first-order valence-corrected chi connectivity index (χ1v) is 7.36. The minimum absolute atomic E-state index is 0.0702. The first kappa shape index (κ1) is 16.8. The van der Waals surface area contributed by atoms with Gasteiger partial charge in [0.2, 0.25) is 11.8 Å². The molecule has 2 aromatic rings. The van der Waals surface area contributed by atoms with E-state index in [9.17, 15) is 14.7 Å². The number of hydrogen-bond donors (Lipinski definition) is 3. The highest BCUT2D eigenvalue weighted by Crippen LogP contribution is 2.18. The summed E-state index contributed by atoms with van der Waals surface area (Å²) in [5.74, 6) is -0.0175. The highest BCUT2D eigenvalue weighted by atomic mass is 16.3. The van der Waals surface area contributed by atoms with Crippen LogP contribution in [0, 0.1) is 0 Å². The van der Waals surface area contributed by atoms with Gasteiger partial charge in [-0.15, -0.1) is 0 Å². The van der Waals surface area contributed by atoms with Crippen LogP contribution in [0.2, 0.25) is 0 Å². The lowest BCUT2D eigenvalue weighted by molar-refractivity contribution is -0.123. The third-order valence-corrected chi connectivity index (χ3v) is 3.37. The van der Waals surface area contributed by atoms with Crippen LogP contribution < -0.4 is 10.6 Å². The topological polar surface area (TPSA) is 91.6 Å². The predicted molar refractivity (Wildman–Crippen MR) is 84.3 cm³/mol. The quantitative estimate of drug-likeness (QED) is 0.725. The first-order valence-electron chi connectivity index (χ1n) is 7.36. The van der Waals surface area contributed by atoms with Crippen LogP contribution in [-0.4, -0.2) is 23.5 Å². The highest BCUT2D eigenvalue weighted by Gasteiger charge is 2.21. The molecule has 1 aromatic carbocycles. The molecule has 2 atom stereocenters. The second-order valence-electron chi connectivity index (χ2n) is 5.19. The molecule has 0 aliphatic heterocycles. The van der Waals surface area contributed by atoms with Gasteiger partial charge in [-0.2, -0.15) is 0 Å². The Bertz CT molecular complexity index is 625. The lowest BCUT2D eigenvalue weighted by Crippen LogP contribution is -2.35. The molecule has 1 heterocycles. The third-order valence-electron chi connectivity index (χ3n) is 3.37. The third kappa shape index (κ3) is 4.96. The Morgan fingerprint density at radius 2 is 1.83 bits per heavy atom. The van der Waals surface area contributed by atoms with Crippen molar-refractivity contribution >= 4 is 11.8 Å². The smallest absolute Gasteiger partial charge is 0.223 e. The molecule has 0 saturated heterocycles. The second kappa shape index (κ2) is 8.14. The van der Waals surface area contributed by atoms with Crippen LogP contribution >= 0.6 is 0 Å². The summed E-state index contributed by atoms with van der Waals surface area (Å²) >= 11 is 0. The Morgan fingerprint density at radius 3 is 2.39 bits per heavy atom. The molecule has 0 saturated carbocycles. The Kier molecular flexibility index (Phi) is 5.94. The Hall–Kier alpha value is -2.60. The minimum atomic E-state index is -0.605. The molecule has 0 aliphatic rings. The number of carbonyl (C=O) groups is 2. The molecule has 0 fully saturated rings. The molecule has 0 radical (unpaired) electrons. The average molecular weight is 316 g/mol. The molecule has 0 bridgehead atoms. The fourth-order valence-corrected chi connectivity index (χ4v) is 2.32. The molecule has 122 valence electrons. The van der Waals surface area contributed by atoms with Crippen molar-refractivity contribution < 1.29 is 19.1 Å². The molecule has 2 unspecified atom stereocenters. The van der Waals surface area contributed by atoms with E-state index < -0.39 is 12.1 Å². The van der Waals surface area contributed by atoms with Gasteiger partial charge in [0.1, 0.15) is 11.8 Å². The van der Waals surface area contributed by atoms with Gasteiger partial charge in [0.25, 0.3) is 0 Å². The van der Waals surface area contributed by atoms with Gasteiger partial charge in [0.05, 0.1) is 25.3 Å². The number of carbonyl (C=O) groups excluding carboxylic acids is 2. The minimum Gasteiger partial charge on any atom is -0.467 e. The number of aliphatic hydroxyl groups excluding tert-OH is 1. The van der Waals surface area contributed by atoms with Gasteiger partial charge in [-0.3, -0.25) is 9.59 Å². The van der Waals surface area contributed by atoms with Gasteiger partial charge >= 0.3 is 0 Å². The van der Waals surface area contributed by atoms with E-state index in [1.165, 1.54) is 13.2 Å². The Morgan fingerprint density at radius 1 is 1.09 bits per heavy atom. The summed E-state index contributed by atoms with van der Waals surface area (Å²) in [6.45, 7) is 1.14. The molecular weight excluding hydrogens is 296 g/mol. The van der Waals surface area contributed by atoms with Crippen LogP contribution in [0.25, 0.3) is 0 Å². The van der Waals surface area contributed by atoms with Crippen LogP contribution in [-0.2, 0) is 9.59 Å². The van der Waals surface area contributed by atoms with Gasteiger partial charge in [-0.25, -0.2) is 0 Å². The first-order chi connectivity index (χ1) is 11.1. The number of amides is 2. The van der Waals surface area contributed by atoms with Crippen molar-refractivity contribution in [2.75, 3.05) is 6.61 Å². The zero-order valence-corrected chi connectivity index (χ0v) is 12.9. The maximum Gasteiger partial charge on any atom is 0.223 e. The summed E-state index contributed by atoms with van der Waals surface area (Å²) in [6, 6.07) is 11.6. The van der Waals surface area contributed by atoms with E-state index in [1.54, 1.807) is 12.1 Å². The summed E-state index contributed by atoms with van der Waals surface area (Å²) in [6.07, 6.45) is 1.55. The van der Waals surface area contributed by atoms with E-state index in [0.717, 1.165) is 5.56 Å². The van der Waals surface area contributed by atoms with Crippen molar-refractivity contribution in [2.45, 2.75) is 25.4 Å². The fourth-order valence-electron chi connectivity index (χ4n) is 2.32. The van der Waals surface area contributed by atoms with E-state index in [4.69, 9.17) is 4.42 Å². The Balaban J connectivity index is 2.04. The molecule has 2 amide bonds. The van der Waals surface area contributed by atoms with E-state index in [-0.39, 0.29) is 24.8 Å². The van der Waals surface area contributed by atoms with Crippen molar-refractivity contribution in [3.05, 3.63) is 60.1 Å². The highest BCUT2D eigenvalue weighted by molar-refractivity contribution is 5.79. The monoisotopic (exact) mass is 316 g/mol. The number of aliphatic hydroxyl groups is 1. The van der Waals surface area contributed by atoms with Gasteiger partial charge in [0.15, 0.2) is 0 Å². The van der Waals surface area contributed by atoms with Crippen LogP contribution in [0.5, 0.6) is 0 Å². The summed E-state index contributed by atoms with van der Waals surface area (Å²) in [5, 5.41) is 14.9. The number of nitrogens with one attached hydrogen (secondary N) is 2. The summed E-state index contributed by atoms with van der Waals surface area (Å²) in [4.78, 5) is 23.6. The van der Waals surface area contributed by atoms with Gasteiger partial charge < -0.3 is 20.2 Å². The summed E-state index contributed by atoms with van der Waals surface area (Å²) in [5.41, 5.74) is 0.844. The number of benzene rings is 1. The second-order valence-corrected chi connectivity index (χ2v) is 5.19. The molecule has 23 heavy (non-hydrogen) atoms. The zero-order chi connectivity index (χ0) is 16.7. The maximum absolute atomic E-state index is 12.3. The molecule has 6 nitrogen and oxygen atoms in total. The lowest BCUT2D eigenvalue weighted by atomic mass is 10.0. The molecule has 0 aliphatic carbocycles. The molecule has 6 heteroatoms. The normalized spacial score (nSPS) is 13.1. The van der Waals surface area contributed by atoms with Crippen molar-refractivity contribution in [1.82, 2.24) is 10.6 Å².